The van der Waals surface area contributed by atoms with Gasteiger partial charge in [0.05, 0.1) is 0 Å². The molecule has 1 aromatic rings. The summed E-state index contributed by atoms with van der Waals surface area (Å²) < 4.78 is 0. The molecule has 4 nitrogen and oxygen atoms in total. The van der Waals surface area contributed by atoms with Gasteiger partial charge < -0.3 is 10.2 Å². The number of hydrogen-bond acceptors (Lipinski definition) is 3. The number of rotatable bonds is 3. The molecule has 21 heavy (non-hydrogen) atoms. The van der Waals surface area contributed by atoms with Gasteiger partial charge in [0, 0.05) is 39.8 Å². The molecule has 1 saturated heterocycles. The second-order valence-electron chi connectivity index (χ2n) is 6.21. The topological polar surface area (TPSA) is 35.6 Å². The van der Waals surface area contributed by atoms with E-state index in [4.69, 9.17) is 0 Å². The average molecular weight is 289 g/mol. The summed E-state index contributed by atoms with van der Waals surface area (Å²) >= 11 is 0. The van der Waals surface area contributed by atoms with Crippen LogP contribution in [0.1, 0.15) is 29.7 Å². The van der Waals surface area contributed by atoms with E-state index >= 15 is 0 Å². The molecule has 2 rings (SSSR count). The van der Waals surface area contributed by atoms with Crippen molar-refractivity contribution in [2.24, 2.45) is 0 Å². The van der Waals surface area contributed by atoms with Crippen molar-refractivity contribution in [3.8, 4) is 0 Å². The Balaban J connectivity index is 2.23. The van der Waals surface area contributed by atoms with Gasteiger partial charge in [0.15, 0.2) is 0 Å². The smallest absolute Gasteiger partial charge is 0.240 e. The number of nitrogens with zero attached hydrogens (tertiary/aromatic N) is 2. The van der Waals surface area contributed by atoms with Gasteiger partial charge in [0.1, 0.15) is 6.04 Å². The van der Waals surface area contributed by atoms with Crippen LogP contribution in [0.3, 0.4) is 0 Å². The summed E-state index contributed by atoms with van der Waals surface area (Å²) in [7, 11) is 3.66. The van der Waals surface area contributed by atoms with E-state index in [2.05, 4.69) is 49.2 Å². The van der Waals surface area contributed by atoms with Crippen LogP contribution in [-0.4, -0.2) is 55.5 Å². The lowest BCUT2D eigenvalue weighted by Crippen LogP contribution is -2.58. The lowest BCUT2D eigenvalue weighted by molar-refractivity contribution is -0.136. The van der Waals surface area contributed by atoms with E-state index in [1.165, 1.54) is 16.7 Å². The first kappa shape index (κ1) is 16.0. The van der Waals surface area contributed by atoms with Crippen molar-refractivity contribution in [1.29, 1.82) is 0 Å². The minimum absolute atomic E-state index is 0.0784. The highest BCUT2D eigenvalue weighted by Crippen LogP contribution is 2.25. The highest BCUT2D eigenvalue weighted by molar-refractivity contribution is 5.81. The first-order valence-electron chi connectivity index (χ1n) is 7.66. The molecular formula is C17H27N3O. The second kappa shape index (κ2) is 6.58. The van der Waals surface area contributed by atoms with E-state index in [1.807, 2.05) is 14.1 Å². The summed E-state index contributed by atoms with van der Waals surface area (Å²) in [6.07, 6.45) is 0. The molecule has 0 spiro atoms. The minimum atomic E-state index is -0.0784. The fraction of sp³-hybridized carbons (Fsp3) is 0.588. The number of carbonyl (C=O) groups is 1. The van der Waals surface area contributed by atoms with Gasteiger partial charge in [-0.15, -0.1) is 0 Å². The van der Waals surface area contributed by atoms with Crippen LogP contribution in [0.4, 0.5) is 0 Å². The molecule has 1 amide bonds. The zero-order valence-electron chi connectivity index (χ0n) is 13.8. The fourth-order valence-electron chi connectivity index (χ4n) is 2.93. The monoisotopic (exact) mass is 289 g/mol. The first-order chi connectivity index (χ1) is 9.91. The van der Waals surface area contributed by atoms with Crippen LogP contribution < -0.4 is 5.32 Å². The van der Waals surface area contributed by atoms with Gasteiger partial charge in [0.2, 0.25) is 5.91 Å². The van der Waals surface area contributed by atoms with E-state index in [-0.39, 0.29) is 18.0 Å². The number of aryl methyl sites for hydroxylation is 2. The van der Waals surface area contributed by atoms with Crippen LogP contribution in [0.2, 0.25) is 0 Å². The summed E-state index contributed by atoms with van der Waals surface area (Å²) in [5, 5.41) is 3.34. The molecular weight excluding hydrogens is 262 g/mol. The van der Waals surface area contributed by atoms with Crippen molar-refractivity contribution in [3.05, 3.63) is 34.9 Å². The SMILES string of the molecule is Cc1ccc(C(C)N2CCNCC2C(=O)N(C)C)cc1C. The van der Waals surface area contributed by atoms with Gasteiger partial charge in [-0.2, -0.15) is 0 Å². The quantitative estimate of drug-likeness (QED) is 0.920. The maximum absolute atomic E-state index is 12.4. The third kappa shape index (κ3) is 3.44. The molecule has 1 fully saturated rings. The Kier molecular flexibility index (Phi) is 5.01. The Hall–Kier alpha value is -1.39. The lowest BCUT2D eigenvalue weighted by atomic mass is 9.99. The van der Waals surface area contributed by atoms with Gasteiger partial charge in [-0.1, -0.05) is 18.2 Å². The number of carbonyl (C=O) groups excluding carboxylic acids is 1. The molecule has 2 atom stereocenters. The highest BCUT2D eigenvalue weighted by atomic mass is 16.2. The summed E-state index contributed by atoms with van der Waals surface area (Å²) in [5.41, 5.74) is 3.91. The van der Waals surface area contributed by atoms with E-state index in [0.717, 1.165) is 19.6 Å². The molecule has 1 N–H and O–H groups in total. The molecule has 0 saturated carbocycles. The number of amides is 1. The predicted molar refractivity (Wildman–Crippen MR) is 86.4 cm³/mol. The third-order valence-electron chi connectivity index (χ3n) is 4.52. The van der Waals surface area contributed by atoms with Crippen molar-refractivity contribution in [1.82, 2.24) is 15.1 Å². The van der Waals surface area contributed by atoms with Crippen LogP contribution >= 0.6 is 0 Å². The van der Waals surface area contributed by atoms with Crippen LogP contribution in [-0.2, 0) is 4.79 Å². The van der Waals surface area contributed by atoms with E-state index in [9.17, 15) is 4.79 Å². The summed E-state index contributed by atoms with van der Waals surface area (Å²) in [6, 6.07) is 6.78. The summed E-state index contributed by atoms with van der Waals surface area (Å²) in [5.74, 6) is 0.179. The van der Waals surface area contributed by atoms with Gasteiger partial charge in [0.25, 0.3) is 0 Å². The molecule has 1 aliphatic rings. The van der Waals surface area contributed by atoms with Crippen LogP contribution in [0.15, 0.2) is 18.2 Å². The lowest BCUT2D eigenvalue weighted by Gasteiger charge is -2.40. The predicted octanol–water partition coefficient (Wildman–Crippen LogP) is 1.73. The highest BCUT2D eigenvalue weighted by Gasteiger charge is 2.33. The van der Waals surface area contributed by atoms with Crippen LogP contribution in [0.25, 0.3) is 0 Å². The Morgan fingerprint density at radius 3 is 2.67 bits per heavy atom. The van der Waals surface area contributed by atoms with E-state index < -0.39 is 0 Å². The van der Waals surface area contributed by atoms with Crippen molar-refractivity contribution in [2.75, 3.05) is 33.7 Å². The van der Waals surface area contributed by atoms with Crippen molar-refractivity contribution in [3.63, 3.8) is 0 Å². The first-order valence-corrected chi connectivity index (χ1v) is 7.66. The van der Waals surface area contributed by atoms with Crippen molar-refractivity contribution < 1.29 is 4.79 Å². The molecule has 1 aromatic carbocycles. The molecule has 0 aromatic heterocycles. The summed E-state index contributed by atoms with van der Waals surface area (Å²) in [4.78, 5) is 16.4. The van der Waals surface area contributed by atoms with Gasteiger partial charge in [-0.3, -0.25) is 9.69 Å². The second-order valence-corrected chi connectivity index (χ2v) is 6.21. The standard InChI is InChI=1S/C17H27N3O/c1-12-6-7-15(10-13(12)2)14(3)20-9-8-18-11-16(20)17(21)19(4)5/h6-7,10,14,16,18H,8-9,11H2,1-5H3. The van der Waals surface area contributed by atoms with E-state index in [0.29, 0.717) is 0 Å². The number of piperazine rings is 1. The van der Waals surface area contributed by atoms with E-state index in [1.54, 1.807) is 4.90 Å². The van der Waals surface area contributed by atoms with Gasteiger partial charge in [-0.25, -0.2) is 0 Å². The Labute approximate surface area is 128 Å². The molecule has 4 heteroatoms. The maximum atomic E-state index is 12.4. The molecule has 0 aliphatic carbocycles. The molecule has 1 heterocycles. The molecule has 1 aliphatic heterocycles. The zero-order valence-corrected chi connectivity index (χ0v) is 13.8. The molecule has 2 unspecified atom stereocenters. The zero-order chi connectivity index (χ0) is 15.6. The van der Waals surface area contributed by atoms with Gasteiger partial charge >= 0.3 is 0 Å². The third-order valence-corrected chi connectivity index (χ3v) is 4.52. The normalized spacial score (nSPS) is 21.1. The average Bonchev–Trinajstić information content (AvgIpc) is 2.48. The minimum Gasteiger partial charge on any atom is -0.347 e. The van der Waals surface area contributed by atoms with Crippen molar-refractivity contribution >= 4 is 5.91 Å². The Morgan fingerprint density at radius 2 is 2.05 bits per heavy atom. The molecule has 0 radical (unpaired) electrons. The molecule has 0 bridgehead atoms. The number of hydrogen-bond donors (Lipinski definition) is 1. The van der Waals surface area contributed by atoms with Crippen molar-refractivity contribution in [2.45, 2.75) is 32.9 Å². The Morgan fingerprint density at radius 1 is 1.33 bits per heavy atom. The Bertz CT molecular complexity index is 513. The van der Waals surface area contributed by atoms with Gasteiger partial charge in [-0.05, 0) is 37.5 Å². The number of nitrogens with one attached hydrogen (secondary N) is 1. The summed E-state index contributed by atoms with van der Waals surface area (Å²) in [6.45, 7) is 9.04. The maximum Gasteiger partial charge on any atom is 0.240 e. The number of likely N-dealkylation sites (N-methyl/N-ethyl adjacent to an activating group) is 1. The molecule has 116 valence electrons. The van der Waals surface area contributed by atoms with Crippen LogP contribution in [0, 0.1) is 13.8 Å². The van der Waals surface area contributed by atoms with Crippen LogP contribution in [0.5, 0.6) is 0 Å². The largest absolute Gasteiger partial charge is 0.347 e. The fourth-order valence-corrected chi connectivity index (χ4v) is 2.93. The number of benzene rings is 1.